The van der Waals surface area contributed by atoms with Crippen LogP contribution >= 0.6 is 0 Å². The van der Waals surface area contributed by atoms with E-state index in [1.54, 1.807) is 0 Å². The molecule has 0 fully saturated rings. The minimum absolute atomic E-state index is 0.146. The Morgan fingerprint density at radius 2 is 0.636 bits per heavy atom. The van der Waals surface area contributed by atoms with Crippen molar-refractivity contribution in [3.8, 4) is 44.5 Å². The molecule has 10 aromatic carbocycles. The lowest BCUT2D eigenvalue weighted by atomic mass is 9.70. The maximum Gasteiger partial charge on any atom is 0.0725 e. The number of anilines is 6. The standard InChI is InChI=1S/C64H46N2/c1-63(2)57-30-16-12-26-51(57)55-36-35-48(42-62(55)63)66(47-24-10-5-11-25-47)50-39-44(38-49(41-50)65(45-20-6-3-7-21-45)46-22-8-4-9-23-46)43-34-37-61-56(40-43)54-29-15-19-33-60(54)64(61)58-31-17-13-27-52(58)53-28-14-18-32-59(53)64/h3-42H,1-2H3. The van der Waals surface area contributed by atoms with Crippen molar-refractivity contribution in [1.82, 2.24) is 0 Å². The molecule has 3 aliphatic rings. The molecule has 10 aromatic rings. The van der Waals surface area contributed by atoms with Gasteiger partial charge >= 0.3 is 0 Å². The SMILES string of the molecule is CC1(C)c2ccccc2-c2ccc(N(c3ccccc3)c3cc(-c4ccc5c(c4)-c4ccccc4C54c5ccccc5-c5ccccc54)cc(N(c4ccccc4)c4ccccc4)c3)cc21. The quantitative estimate of drug-likeness (QED) is 0.158. The first kappa shape index (κ1) is 38.3. The average molecular weight is 843 g/mol. The normalized spacial score (nSPS) is 13.8. The van der Waals surface area contributed by atoms with Crippen LogP contribution in [0.3, 0.4) is 0 Å². The summed E-state index contributed by atoms with van der Waals surface area (Å²) in [5.74, 6) is 0. The Kier molecular flexibility index (Phi) is 8.51. The van der Waals surface area contributed by atoms with Gasteiger partial charge in [-0.25, -0.2) is 0 Å². The van der Waals surface area contributed by atoms with Gasteiger partial charge in [0.2, 0.25) is 0 Å². The lowest BCUT2D eigenvalue weighted by molar-refractivity contribution is 0.660. The summed E-state index contributed by atoms with van der Waals surface area (Å²) in [6, 6.07) is 90.0. The van der Waals surface area contributed by atoms with Gasteiger partial charge in [0.15, 0.2) is 0 Å². The van der Waals surface area contributed by atoms with Gasteiger partial charge in [-0.1, -0.05) is 184 Å². The summed E-state index contributed by atoms with van der Waals surface area (Å²) in [5, 5.41) is 0. The third kappa shape index (κ3) is 5.55. The molecule has 13 rings (SSSR count). The van der Waals surface area contributed by atoms with Crippen molar-refractivity contribution in [2.45, 2.75) is 24.7 Å². The molecule has 0 N–H and O–H groups in total. The highest BCUT2D eigenvalue weighted by Gasteiger charge is 2.51. The summed E-state index contributed by atoms with van der Waals surface area (Å²) in [6.07, 6.45) is 0. The van der Waals surface area contributed by atoms with Gasteiger partial charge in [0.05, 0.1) is 5.41 Å². The minimum Gasteiger partial charge on any atom is -0.310 e. The van der Waals surface area contributed by atoms with E-state index in [9.17, 15) is 0 Å². The van der Waals surface area contributed by atoms with Crippen molar-refractivity contribution in [3.63, 3.8) is 0 Å². The number of nitrogens with zero attached hydrogens (tertiary/aromatic N) is 2. The van der Waals surface area contributed by atoms with E-state index in [4.69, 9.17) is 0 Å². The number of fused-ring (bicyclic) bond motifs is 13. The van der Waals surface area contributed by atoms with Crippen LogP contribution in [0.2, 0.25) is 0 Å². The highest BCUT2D eigenvalue weighted by atomic mass is 15.2. The van der Waals surface area contributed by atoms with Gasteiger partial charge in [-0.05, 0) is 151 Å². The average Bonchev–Trinajstić information content (AvgIpc) is 3.93. The molecule has 0 amide bonds. The Bertz CT molecular complexity index is 3430. The van der Waals surface area contributed by atoms with Crippen molar-refractivity contribution < 1.29 is 0 Å². The van der Waals surface area contributed by atoms with Crippen LogP contribution in [0.25, 0.3) is 44.5 Å². The van der Waals surface area contributed by atoms with Gasteiger partial charge in [0.25, 0.3) is 0 Å². The fourth-order valence-electron chi connectivity index (χ4n) is 11.8. The van der Waals surface area contributed by atoms with E-state index in [1.165, 1.54) is 72.3 Å². The second-order valence-electron chi connectivity index (χ2n) is 18.5. The van der Waals surface area contributed by atoms with Crippen molar-refractivity contribution in [1.29, 1.82) is 0 Å². The highest BCUT2D eigenvalue weighted by molar-refractivity contribution is 5.97. The fourth-order valence-corrected chi connectivity index (χ4v) is 11.8. The zero-order valence-corrected chi connectivity index (χ0v) is 37.0. The maximum atomic E-state index is 2.47. The number of hydrogen-bond acceptors (Lipinski definition) is 2. The Morgan fingerprint density at radius 3 is 1.15 bits per heavy atom. The van der Waals surface area contributed by atoms with E-state index < -0.39 is 5.41 Å². The zero-order chi connectivity index (χ0) is 44.0. The number of para-hydroxylation sites is 3. The van der Waals surface area contributed by atoms with Gasteiger partial charge in [-0.3, -0.25) is 0 Å². The molecule has 0 saturated heterocycles. The maximum absolute atomic E-state index is 2.47. The first-order valence-corrected chi connectivity index (χ1v) is 23.1. The first-order valence-electron chi connectivity index (χ1n) is 23.1. The molecule has 0 bridgehead atoms. The molecule has 0 aliphatic heterocycles. The van der Waals surface area contributed by atoms with Crippen LogP contribution in [0.15, 0.2) is 243 Å². The van der Waals surface area contributed by atoms with Gasteiger partial charge in [-0.15, -0.1) is 0 Å². The van der Waals surface area contributed by atoms with Crippen LogP contribution < -0.4 is 9.80 Å². The van der Waals surface area contributed by atoms with E-state index in [1.807, 2.05) is 0 Å². The van der Waals surface area contributed by atoms with Gasteiger partial charge in [0, 0.05) is 39.5 Å². The molecule has 66 heavy (non-hydrogen) atoms. The Balaban J connectivity index is 1.05. The Hall–Kier alpha value is -8.20. The summed E-state index contributed by atoms with van der Waals surface area (Å²) in [7, 11) is 0. The molecule has 0 aromatic heterocycles. The second-order valence-corrected chi connectivity index (χ2v) is 18.5. The van der Waals surface area contributed by atoms with E-state index in [0.717, 1.165) is 39.7 Å². The largest absolute Gasteiger partial charge is 0.310 e. The van der Waals surface area contributed by atoms with Gasteiger partial charge in [-0.2, -0.15) is 0 Å². The minimum atomic E-state index is -0.396. The van der Waals surface area contributed by atoms with Crippen LogP contribution in [-0.2, 0) is 10.8 Å². The summed E-state index contributed by atoms with van der Waals surface area (Å²) >= 11 is 0. The summed E-state index contributed by atoms with van der Waals surface area (Å²) in [6.45, 7) is 4.73. The Labute approximate surface area is 387 Å². The van der Waals surface area contributed by atoms with Gasteiger partial charge < -0.3 is 9.80 Å². The van der Waals surface area contributed by atoms with Crippen molar-refractivity contribution >= 4 is 34.1 Å². The molecular formula is C64H46N2. The van der Waals surface area contributed by atoms with E-state index in [-0.39, 0.29) is 5.41 Å². The zero-order valence-electron chi connectivity index (χ0n) is 37.0. The molecule has 0 atom stereocenters. The van der Waals surface area contributed by atoms with E-state index in [0.29, 0.717) is 0 Å². The molecule has 2 heteroatoms. The first-order chi connectivity index (χ1) is 32.5. The number of hydrogen-bond donors (Lipinski definition) is 0. The molecule has 2 nitrogen and oxygen atoms in total. The molecular weight excluding hydrogens is 797 g/mol. The summed E-state index contributed by atoms with van der Waals surface area (Å²) < 4.78 is 0. The van der Waals surface area contributed by atoms with Crippen LogP contribution in [0.4, 0.5) is 34.1 Å². The molecule has 1 spiro atoms. The topological polar surface area (TPSA) is 6.48 Å². The van der Waals surface area contributed by atoms with Crippen LogP contribution in [0, 0.1) is 0 Å². The van der Waals surface area contributed by atoms with E-state index in [2.05, 4.69) is 266 Å². The molecule has 312 valence electrons. The molecule has 0 unspecified atom stereocenters. The van der Waals surface area contributed by atoms with Crippen molar-refractivity contribution in [2.75, 3.05) is 9.80 Å². The second kappa shape index (κ2) is 14.7. The van der Waals surface area contributed by atoms with Crippen molar-refractivity contribution in [3.05, 3.63) is 276 Å². The van der Waals surface area contributed by atoms with Gasteiger partial charge in [0.1, 0.15) is 0 Å². The lowest BCUT2D eigenvalue weighted by Gasteiger charge is -2.31. The third-order valence-electron chi connectivity index (χ3n) is 14.6. The smallest absolute Gasteiger partial charge is 0.0725 e. The summed E-state index contributed by atoms with van der Waals surface area (Å²) in [4.78, 5) is 4.84. The predicted octanol–water partition coefficient (Wildman–Crippen LogP) is 16.9. The Morgan fingerprint density at radius 1 is 0.242 bits per heavy atom. The number of rotatable bonds is 7. The fraction of sp³-hybridized carbons (Fsp3) is 0.0625. The van der Waals surface area contributed by atoms with Crippen molar-refractivity contribution in [2.24, 2.45) is 0 Å². The number of benzene rings is 10. The van der Waals surface area contributed by atoms with Crippen LogP contribution in [0.5, 0.6) is 0 Å². The summed E-state index contributed by atoms with van der Waals surface area (Å²) in [5.41, 5.74) is 24.3. The molecule has 0 heterocycles. The highest BCUT2D eigenvalue weighted by Crippen LogP contribution is 2.63. The molecule has 3 aliphatic carbocycles. The predicted molar refractivity (Wildman–Crippen MR) is 275 cm³/mol. The monoisotopic (exact) mass is 842 g/mol. The third-order valence-corrected chi connectivity index (χ3v) is 14.6. The van der Waals surface area contributed by atoms with E-state index >= 15 is 0 Å². The molecule has 0 saturated carbocycles. The molecule has 0 radical (unpaired) electrons. The lowest BCUT2D eigenvalue weighted by Crippen LogP contribution is -2.25. The van der Waals surface area contributed by atoms with Crippen LogP contribution in [-0.4, -0.2) is 0 Å². The van der Waals surface area contributed by atoms with Crippen LogP contribution in [0.1, 0.15) is 47.2 Å².